The summed E-state index contributed by atoms with van der Waals surface area (Å²) in [5.74, 6) is 0. The molecule has 3 atom stereocenters. The monoisotopic (exact) mass is 265 g/mol. The van der Waals surface area contributed by atoms with E-state index in [1.54, 1.807) is 0 Å². The molecule has 2 nitrogen and oxygen atoms in total. The summed E-state index contributed by atoms with van der Waals surface area (Å²) in [5, 5.41) is 0.132. The van der Waals surface area contributed by atoms with Crippen molar-refractivity contribution < 1.29 is 4.21 Å². The van der Waals surface area contributed by atoms with E-state index in [9.17, 15) is 4.21 Å². The minimum absolute atomic E-state index is 0.0895. The minimum atomic E-state index is -0.954. The van der Waals surface area contributed by atoms with E-state index in [0.717, 1.165) is 24.2 Å². The molecule has 1 fully saturated rings. The van der Waals surface area contributed by atoms with Gasteiger partial charge in [0.1, 0.15) is 0 Å². The number of hydrogen-bond acceptors (Lipinski definition) is 2. The van der Waals surface area contributed by atoms with Crippen LogP contribution in [0.2, 0.25) is 0 Å². The Morgan fingerprint density at radius 2 is 1.89 bits per heavy atom. The second-order valence-corrected chi connectivity index (χ2v) is 6.98. The van der Waals surface area contributed by atoms with Crippen LogP contribution in [0.15, 0.2) is 29.2 Å². The number of nitrogens with two attached hydrogens (primary N) is 1. The molecule has 0 radical (unpaired) electrons. The molecular weight excluding hydrogens is 242 g/mol. The topological polar surface area (TPSA) is 43.1 Å². The zero-order valence-electron chi connectivity index (χ0n) is 11.1. The van der Waals surface area contributed by atoms with E-state index in [1.165, 1.54) is 24.8 Å². The van der Waals surface area contributed by atoms with E-state index in [-0.39, 0.29) is 11.3 Å². The van der Waals surface area contributed by atoms with Crippen LogP contribution in [-0.4, -0.2) is 15.5 Å². The second kappa shape index (κ2) is 6.48. The normalized spacial score (nSPS) is 27.2. The highest BCUT2D eigenvalue weighted by Gasteiger charge is 2.26. The van der Waals surface area contributed by atoms with Crippen LogP contribution in [0, 0.1) is 6.92 Å². The van der Waals surface area contributed by atoms with Gasteiger partial charge in [0.05, 0.1) is 16.0 Å². The molecule has 1 aromatic rings. The fraction of sp³-hybridized carbons (Fsp3) is 0.600. The van der Waals surface area contributed by atoms with Crippen molar-refractivity contribution in [3.8, 4) is 0 Å². The van der Waals surface area contributed by atoms with Crippen LogP contribution < -0.4 is 5.73 Å². The molecule has 0 spiro atoms. The van der Waals surface area contributed by atoms with Gasteiger partial charge in [0.25, 0.3) is 0 Å². The largest absolute Gasteiger partial charge is 0.327 e. The Balaban J connectivity index is 2.15. The maximum absolute atomic E-state index is 12.7. The molecule has 1 saturated carbocycles. The summed E-state index contributed by atoms with van der Waals surface area (Å²) >= 11 is 0. The Morgan fingerprint density at radius 1 is 1.17 bits per heavy atom. The Hall–Kier alpha value is -0.670. The van der Waals surface area contributed by atoms with Crippen LogP contribution in [0.4, 0.5) is 0 Å². The van der Waals surface area contributed by atoms with Gasteiger partial charge in [-0.2, -0.15) is 0 Å². The van der Waals surface area contributed by atoms with Gasteiger partial charge in [0.2, 0.25) is 0 Å². The molecule has 18 heavy (non-hydrogen) atoms. The first-order chi connectivity index (χ1) is 8.68. The van der Waals surface area contributed by atoms with Gasteiger partial charge < -0.3 is 5.73 Å². The maximum atomic E-state index is 12.7. The SMILES string of the molecule is Cc1cccc(S(=O)C2CCCCCCC2N)c1. The van der Waals surface area contributed by atoms with Crippen LogP contribution in [0.5, 0.6) is 0 Å². The summed E-state index contributed by atoms with van der Waals surface area (Å²) in [6.07, 6.45) is 6.90. The molecule has 0 bridgehead atoms. The lowest BCUT2D eigenvalue weighted by Gasteiger charge is -2.25. The third kappa shape index (κ3) is 3.42. The fourth-order valence-corrected chi connectivity index (χ4v) is 4.36. The van der Waals surface area contributed by atoms with Gasteiger partial charge in [-0.25, -0.2) is 0 Å². The van der Waals surface area contributed by atoms with E-state index >= 15 is 0 Å². The Bertz CT molecular complexity index is 419. The smallest absolute Gasteiger partial charge is 0.0576 e. The lowest BCUT2D eigenvalue weighted by Crippen LogP contribution is -2.38. The van der Waals surface area contributed by atoms with Crippen molar-refractivity contribution in [1.82, 2.24) is 0 Å². The first-order valence-electron chi connectivity index (χ1n) is 6.91. The molecule has 0 heterocycles. The molecule has 100 valence electrons. The van der Waals surface area contributed by atoms with Crippen LogP contribution >= 0.6 is 0 Å². The van der Waals surface area contributed by atoms with Gasteiger partial charge in [-0.1, -0.05) is 37.8 Å². The fourth-order valence-electron chi connectivity index (χ4n) is 2.66. The van der Waals surface area contributed by atoms with Crippen LogP contribution in [0.25, 0.3) is 0 Å². The zero-order valence-corrected chi connectivity index (χ0v) is 11.9. The van der Waals surface area contributed by atoms with Crippen molar-refractivity contribution in [3.63, 3.8) is 0 Å². The summed E-state index contributed by atoms with van der Waals surface area (Å²) in [6.45, 7) is 2.04. The van der Waals surface area contributed by atoms with E-state index in [4.69, 9.17) is 5.73 Å². The molecule has 1 aromatic carbocycles. The van der Waals surface area contributed by atoms with Crippen LogP contribution in [-0.2, 0) is 10.8 Å². The quantitative estimate of drug-likeness (QED) is 0.892. The summed E-state index contributed by atoms with van der Waals surface area (Å²) in [7, 11) is -0.954. The lowest BCUT2D eigenvalue weighted by molar-refractivity contribution is 0.456. The first kappa shape index (κ1) is 13.8. The highest BCUT2D eigenvalue weighted by atomic mass is 32.2. The second-order valence-electron chi connectivity index (χ2n) is 5.31. The summed E-state index contributed by atoms with van der Waals surface area (Å²) in [6, 6.07) is 8.11. The van der Waals surface area contributed by atoms with E-state index in [0.29, 0.717) is 0 Å². The highest BCUT2D eigenvalue weighted by Crippen LogP contribution is 2.24. The highest BCUT2D eigenvalue weighted by molar-refractivity contribution is 7.85. The van der Waals surface area contributed by atoms with Gasteiger partial charge in [-0.05, 0) is 37.5 Å². The molecule has 1 aliphatic rings. The van der Waals surface area contributed by atoms with Gasteiger partial charge >= 0.3 is 0 Å². The standard InChI is InChI=1S/C15H23NOS/c1-12-7-6-8-13(11-12)18(17)15-10-5-3-2-4-9-14(15)16/h6-8,11,14-15H,2-5,9-10,16H2,1H3. The van der Waals surface area contributed by atoms with Crippen molar-refractivity contribution in [2.45, 2.75) is 61.6 Å². The number of rotatable bonds is 2. The van der Waals surface area contributed by atoms with E-state index in [2.05, 4.69) is 0 Å². The third-order valence-corrected chi connectivity index (χ3v) is 5.60. The third-order valence-electron chi connectivity index (χ3n) is 3.75. The summed E-state index contributed by atoms with van der Waals surface area (Å²) in [5.41, 5.74) is 7.40. The van der Waals surface area contributed by atoms with Gasteiger partial charge in [-0.3, -0.25) is 4.21 Å². The molecule has 0 aromatic heterocycles. The molecule has 2 rings (SSSR count). The predicted molar refractivity (Wildman–Crippen MR) is 77.1 cm³/mol. The predicted octanol–water partition coefficient (Wildman–Crippen LogP) is 3.15. The van der Waals surface area contributed by atoms with Gasteiger partial charge in [0, 0.05) is 10.9 Å². The molecular formula is C15H23NOS. The van der Waals surface area contributed by atoms with E-state index < -0.39 is 10.8 Å². The molecule has 1 aliphatic carbocycles. The summed E-state index contributed by atoms with van der Waals surface area (Å²) < 4.78 is 12.7. The average Bonchev–Trinajstić information content (AvgIpc) is 2.34. The van der Waals surface area contributed by atoms with Crippen molar-refractivity contribution in [2.75, 3.05) is 0 Å². The number of benzene rings is 1. The van der Waals surface area contributed by atoms with Crippen molar-refractivity contribution >= 4 is 10.8 Å². The van der Waals surface area contributed by atoms with Crippen LogP contribution in [0.1, 0.15) is 44.1 Å². The molecule has 0 amide bonds. The lowest BCUT2D eigenvalue weighted by atomic mass is 9.97. The molecule has 2 N–H and O–H groups in total. The molecule has 3 heteroatoms. The minimum Gasteiger partial charge on any atom is -0.327 e. The Labute approximate surface area is 112 Å². The molecule has 0 aliphatic heterocycles. The Kier molecular flexibility index (Phi) is 4.95. The maximum Gasteiger partial charge on any atom is 0.0576 e. The number of hydrogen-bond donors (Lipinski definition) is 1. The average molecular weight is 265 g/mol. The summed E-state index contributed by atoms with van der Waals surface area (Å²) in [4.78, 5) is 0.941. The molecule has 3 unspecified atom stereocenters. The number of aryl methyl sites for hydroxylation is 1. The van der Waals surface area contributed by atoms with Gasteiger partial charge in [-0.15, -0.1) is 0 Å². The van der Waals surface area contributed by atoms with Crippen molar-refractivity contribution in [3.05, 3.63) is 29.8 Å². The van der Waals surface area contributed by atoms with Crippen LogP contribution in [0.3, 0.4) is 0 Å². The zero-order chi connectivity index (χ0) is 13.0. The van der Waals surface area contributed by atoms with Crippen molar-refractivity contribution in [2.24, 2.45) is 5.73 Å². The Morgan fingerprint density at radius 3 is 2.61 bits per heavy atom. The van der Waals surface area contributed by atoms with Gasteiger partial charge in [0.15, 0.2) is 0 Å². The van der Waals surface area contributed by atoms with Crippen molar-refractivity contribution in [1.29, 1.82) is 0 Å². The first-order valence-corrected chi connectivity index (χ1v) is 8.12. The molecule has 0 saturated heterocycles. The van der Waals surface area contributed by atoms with E-state index in [1.807, 2.05) is 31.2 Å².